The molecule has 3 heterocycles. The number of amides is 1. The molecule has 184 valence electrons. The fourth-order valence-corrected chi connectivity index (χ4v) is 6.70. The smallest absolute Gasteiger partial charge is 0.305 e. The summed E-state index contributed by atoms with van der Waals surface area (Å²) in [6.07, 6.45) is 3.86. The van der Waals surface area contributed by atoms with Gasteiger partial charge in [0.2, 0.25) is 5.91 Å². The van der Waals surface area contributed by atoms with E-state index in [1.807, 2.05) is 24.0 Å². The summed E-state index contributed by atoms with van der Waals surface area (Å²) in [6.45, 7) is 3.84. The second-order valence-electron chi connectivity index (χ2n) is 8.44. The summed E-state index contributed by atoms with van der Waals surface area (Å²) in [4.78, 5) is 40.7. The normalized spacial score (nSPS) is 15.3. The Bertz CT molecular complexity index is 1440. The van der Waals surface area contributed by atoms with E-state index in [4.69, 9.17) is 9.47 Å². The number of nitrogens with zero attached hydrogens (tertiary/aromatic N) is 3. The van der Waals surface area contributed by atoms with E-state index in [1.165, 1.54) is 10.4 Å². The number of hydrogen-bond donors (Lipinski definition) is 2. The van der Waals surface area contributed by atoms with Gasteiger partial charge in [0.15, 0.2) is 0 Å². The van der Waals surface area contributed by atoms with Crippen LogP contribution in [0.3, 0.4) is 0 Å². The van der Waals surface area contributed by atoms with Gasteiger partial charge in [0.05, 0.1) is 35.0 Å². The Balaban J connectivity index is 1.46. The van der Waals surface area contributed by atoms with Crippen LogP contribution in [-0.4, -0.2) is 59.7 Å². The van der Waals surface area contributed by atoms with Gasteiger partial charge in [-0.05, 0) is 37.8 Å². The molecule has 1 amide bonds. The number of aromatic amines is 1. The van der Waals surface area contributed by atoms with Gasteiger partial charge in [-0.2, -0.15) is 0 Å². The van der Waals surface area contributed by atoms with E-state index < -0.39 is 0 Å². The average molecular weight is 514 g/mol. The van der Waals surface area contributed by atoms with Crippen molar-refractivity contribution in [3.05, 3.63) is 38.6 Å². The highest BCUT2D eigenvalue weighted by Gasteiger charge is 2.31. The lowest BCUT2D eigenvalue weighted by atomic mass is 9.87. The number of rotatable bonds is 8. The fraction of sp³-hybridized carbons (Fsp3) is 0.417. The molecule has 0 saturated heterocycles. The second kappa shape index (κ2) is 9.92. The quantitative estimate of drug-likeness (QED) is 0.367. The number of benzene rings is 1. The van der Waals surface area contributed by atoms with Crippen molar-refractivity contribution in [3.63, 3.8) is 0 Å². The predicted octanol–water partition coefficient (Wildman–Crippen LogP) is 3.95. The van der Waals surface area contributed by atoms with Crippen molar-refractivity contribution in [2.45, 2.75) is 26.2 Å². The van der Waals surface area contributed by atoms with E-state index in [-0.39, 0.29) is 16.7 Å². The van der Waals surface area contributed by atoms with Gasteiger partial charge in [-0.15, -0.1) is 11.3 Å². The van der Waals surface area contributed by atoms with Crippen LogP contribution in [0, 0.1) is 5.92 Å². The van der Waals surface area contributed by atoms with Gasteiger partial charge in [0.1, 0.15) is 22.7 Å². The number of methoxy groups -OCH3 is 2. The highest BCUT2D eigenvalue weighted by molar-refractivity contribution is 7.19. The molecule has 1 atom stereocenters. The van der Waals surface area contributed by atoms with E-state index in [9.17, 15) is 9.59 Å². The molecule has 1 aliphatic rings. The van der Waals surface area contributed by atoms with Crippen LogP contribution in [0.5, 0.6) is 5.75 Å². The first-order valence-corrected chi connectivity index (χ1v) is 13.2. The van der Waals surface area contributed by atoms with Crippen LogP contribution in [-0.2, 0) is 22.4 Å². The molecule has 3 aromatic heterocycles. The summed E-state index contributed by atoms with van der Waals surface area (Å²) in [5, 5.41) is 4.42. The van der Waals surface area contributed by atoms with E-state index in [0.717, 1.165) is 50.3 Å². The minimum atomic E-state index is -0.108. The van der Waals surface area contributed by atoms with Crippen LogP contribution >= 0.6 is 22.7 Å². The van der Waals surface area contributed by atoms with Crippen molar-refractivity contribution in [1.82, 2.24) is 19.9 Å². The van der Waals surface area contributed by atoms with E-state index in [0.29, 0.717) is 37.7 Å². The molecule has 0 bridgehead atoms. The van der Waals surface area contributed by atoms with Crippen LogP contribution in [0.1, 0.15) is 23.8 Å². The SMILES string of the molecule is CCN(CCOC)C(=O)C1CCc2c(sc3ncnc(Nc4cc5sc(=O)[nH]c5cc4OC)c23)C1. The molecule has 2 N–H and O–H groups in total. The Hall–Kier alpha value is -3.02. The number of anilines is 2. The number of carbonyl (C=O) groups excluding carboxylic acids is 1. The van der Waals surface area contributed by atoms with Gasteiger partial charge in [-0.3, -0.25) is 9.59 Å². The number of fused-ring (bicyclic) bond motifs is 4. The number of H-pyrrole nitrogens is 1. The van der Waals surface area contributed by atoms with E-state index in [2.05, 4.69) is 20.3 Å². The molecule has 1 unspecified atom stereocenters. The van der Waals surface area contributed by atoms with Crippen LogP contribution in [0.25, 0.3) is 20.4 Å². The highest BCUT2D eigenvalue weighted by Crippen LogP contribution is 2.42. The van der Waals surface area contributed by atoms with Gasteiger partial charge in [0, 0.05) is 37.1 Å². The average Bonchev–Trinajstić information content (AvgIpc) is 3.42. The zero-order valence-electron chi connectivity index (χ0n) is 19.8. The monoisotopic (exact) mass is 513 g/mol. The molecule has 0 saturated carbocycles. The summed E-state index contributed by atoms with van der Waals surface area (Å²) in [5.41, 5.74) is 2.68. The van der Waals surface area contributed by atoms with Crippen molar-refractivity contribution in [1.29, 1.82) is 0 Å². The number of likely N-dealkylation sites (N-methyl/N-ethyl adjacent to an activating group) is 1. The molecule has 35 heavy (non-hydrogen) atoms. The van der Waals surface area contributed by atoms with Crippen LogP contribution in [0.4, 0.5) is 11.5 Å². The lowest BCUT2D eigenvalue weighted by Crippen LogP contribution is -2.39. The number of thiazole rings is 1. The van der Waals surface area contributed by atoms with Crippen molar-refractivity contribution in [3.8, 4) is 5.75 Å². The van der Waals surface area contributed by atoms with Crippen molar-refractivity contribution < 1.29 is 14.3 Å². The van der Waals surface area contributed by atoms with Crippen LogP contribution in [0.2, 0.25) is 0 Å². The molecule has 0 spiro atoms. The first-order chi connectivity index (χ1) is 17.0. The highest BCUT2D eigenvalue weighted by atomic mass is 32.1. The summed E-state index contributed by atoms with van der Waals surface area (Å²) < 4.78 is 11.6. The third-order valence-electron chi connectivity index (χ3n) is 6.45. The van der Waals surface area contributed by atoms with Crippen LogP contribution < -0.4 is 14.9 Å². The molecule has 0 aliphatic heterocycles. The Morgan fingerprint density at radius 2 is 2.14 bits per heavy atom. The zero-order chi connectivity index (χ0) is 24.5. The van der Waals surface area contributed by atoms with E-state index >= 15 is 0 Å². The lowest BCUT2D eigenvalue weighted by molar-refractivity contribution is -0.136. The summed E-state index contributed by atoms with van der Waals surface area (Å²) >= 11 is 2.79. The molecule has 9 nitrogen and oxygen atoms in total. The number of aryl methyl sites for hydroxylation is 1. The molecule has 0 radical (unpaired) electrons. The largest absolute Gasteiger partial charge is 0.494 e. The molecule has 1 aliphatic carbocycles. The predicted molar refractivity (Wildman–Crippen MR) is 139 cm³/mol. The Morgan fingerprint density at radius 3 is 2.91 bits per heavy atom. The van der Waals surface area contributed by atoms with Crippen molar-refractivity contribution in [2.75, 3.05) is 39.2 Å². The standard InChI is InChI=1S/C24H27N5O4S2/c1-4-29(7-8-32-2)23(30)13-5-6-14-18(9-13)34-22-20(14)21(25-12-26-22)27-15-11-19-16(10-17(15)33-3)28-24(31)35-19/h10-13H,4-9H2,1-3H3,(H,28,31)(H,25,26,27). The molecule has 0 fully saturated rings. The maximum atomic E-state index is 13.1. The topological polar surface area (TPSA) is 109 Å². The number of ether oxygens (including phenoxy) is 2. The molecular formula is C24H27N5O4S2. The van der Waals surface area contributed by atoms with Gasteiger partial charge in [0.25, 0.3) is 0 Å². The van der Waals surface area contributed by atoms with Gasteiger partial charge in [-0.1, -0.05) is 11.3 Å². The second-order valence-corrected chi connectivity index (χ2v) is 10.5. The first kappa shape index (κ1) is 23.7. The Kier molecular flexibility index (Phi) is 6.72. The molecule has 5 rings (SSSR count). The van der Waals surface area contributed by atoms with Gasteiger partial charge >= 0.3 is 4.87 Å². The third-order valence-corrected chi connectivity index (χ3v) is 8.45. The molecule has 4 aromatic rings. The summed E-state index contributed by atoms with van der Waals surface area (Å²) in [5.74, 6) is 1.48. The Morgan fingerprint density at radius 1 is 1.29 bits per heavy atom. The van der Waals surface area contributed by atoms with Crippen molar-refractivity contribution >= 4 is 60.5 Å². The molecular weight excluding hydrogens is 486 g/mol. The zero-order valence-corrected chi connectivity index (χ0v) is 21.5. The number of aromatic nitrogens is 3. The third kappa shape index (κ3) is 4.51. The summed E-state index contributed by atoms with van der Waals surface area (Å²) in [7, 11) is 3.25. The molecule has 11 heteroatoms. The number of carbonyl (C=O) groups is 1. The lowest BCUT2D eigenvalue weighted by Gasteiger charge is -2.28. The minimum absolute atomic E-state index is 0.0318. The Labute approximate surface area is 210 Å². The minimum Gasteiger partial charge on any atom is -0.494 e. The maximum Gasteiger partial charge on any atom is 0.305 e. The van der Waals surface area contributed by atoms with Crippen molar-refractivity contribution in [2.24, 2.45) is 5.92 Å². The summed E-state index contributed by atoms with van der Waals surface area (Å²) in [6, 6.07) is 3.72. The maximum absolute atomic E-state index is 13.1. The van der Waals surface area contributed by atoms with E-state index in [1.54, 1.807) is 31.9 Å². The van der Waals surface area contributed by atoms with Gasteiger partial charge < -0.3 is 24.7 Å². The van der Waals surface area contributed by atoms with Gasteiger partial charge in [-0.25, -0.2) is 9.97 Å². The molecule has 1 aromatic carbocycles. The number of hydrogen-bond acceptors (Lipinski definition) is 9. The number of thiophene rings is 1. The fourth-order valence-electron chi connectivity index (χ4n) is 4.67. The first-order valence-electron chi connectivity index (χ1n) is 11.5. The van der Waals surface area contributed by atoms with Crippen LogP contribution in [0.15, 0.2) is 23.3 Å². The number of nitrogens with one attached hydrogen (secondary N) is 2.